The lowest BCUT2D eigenvalue weighted by molar-refractivity contribution is -0.127. The van der Waals surface area contributed by atoms with Gasteiger partial charge in [-0.3, -0.25) is 4.79 Å². The van der Waals surface area contributed by atoms with E-state index in [0.717, 1.165) is 25.9 Å². The zero-order valence-electron chi connectivity index (χ0n) is 10.6. The van der Waals surface area contributed by atoms with Crippen molar-refractivity contribution >= 4 is 5.91 Å². The molecule has 0 unspecified atom stereocenters. The van der Waals surface area contributed by atoms with Crippen molar-refractivity contribution < 1.29 is 9.53 Å². The van der Waals surface area contributed by atoms with Gasteiger partial charge < -0.3 is 15.4 Å². The SMILES string of the molecule is CCOC(C)(C)CNC(=O)[C@H]1CCCNC1. The summed E-state index contributed by atoms with van der Waals surface area (Å²) in [5.74, 6) is 0.283. The second-order valence-electron chi connectivity index (χ2n) is 4.95. The second kappa shape index (κ2) is 6.21. The van der Waals surface area contributed by atoms with E-state index in [-0.39, 0.29) is 17.4 Å². The Labute approximate surface area is 98.1 Å². The van der Waals surface area contributed by atoms with E-state index in [2.05, 4.69) is 10.6 Å². The molecule has 1 aliphatic heterocycles. The summed E-state index contributed by atoms with van der Waals surface area (Å²) in [6, 6.07) is 0. The first-order chi connectivity index (χ1) is 7.55. The highest BCUT2D eigenvalue weighted by Crippen LogP contribution is 2.11. The van der Waals surface area contributed by atoms with Gasteiger partial charge in [-0.05, 0) is 40.2 Å². The zero-order valence-corrected chi connectivity index (χ0v) is 10.6. The lowest BCUT2D eigenvalue weighted by Gasteiger charge is -2.27. The molecule has 4 heteroatoms. The monoisotopic (exact) mass is 228 g/mol. The van der Waals surface area contributed by atoms with Gasteiger partial charge in [0.15, 0.2) is 0 Å². The van der Waals surface area contributed by atoms with Crippen molar-refractivity contribution in [1.82, 2.24) is 10.6 Å². The predicted octanol–water partition coefficient (Wildman–Crippen LogP) is 0.917. The minimum Gasteiger partial charge on any atom is -0.374 e. The highest BCUT2D eigenvalue weighted by atomic mass is 16.5. The van der Waals surface area contributed by atoms with Crippen molar-refractivity contribution in [1.29, 1.82) is 0 Å². The van der Waals surface area contributed by atoms with Crippen LogP contribution in [0.25, 0.3) is 0 Å². The molecule has 0 radical (unpaired) electrons. The maximum atomic E-state index is 11.8. The Morgan fingerprint density at radius 3 is 2.88 bits per heavy atom. The molecule has 1 atom stereocenters. The number of rotatable bonds is 5. The van der Waals surface area contributed by atoms with Crippen molar-refractivity contribution in [3.8, 4) is 0 Å². The van der Waals surface area contributed by atoms with Crippen LogP contribution in [0, 0.1) is 5.92 Å². The molecule has 1 saturated heterocycles. The molecule has 1 heterocycles. The molecule has 94 valence electrons. The Morgan fingerprint density at radius 2 is 2.31 bits per heavy atom. The zero-order chi connectivity index (χ0) is 12.0. The molecule has 0 spiro atoms. The van der Waals surface area contributed by atoms with Crippen LogP contribution in [0.3, 0.4) is 0 Å². The first-order valence-corrected chi connectivity index (χ1v) is 6.17. The molecule has 0 aromatic heterocycles. The number of nitrogens with one attached hydrogen (secondary N) is 2. The van der Waals surface area contributed by atoms with Crippen LogP contribution in [0.4, 0.5) is 0 Å². The van der Waals surface area contributed by atoms with Gasteiger partial charge in [0.1, 0.15) is 0 Å². The summed E-state index contributed by atoms with van der Waals surface area (Å²) in [5.41, 5.74) is -0.271. The maximum absolute atomic E-state index is 11.8. The first kappa shape index (κ1) is 13.5. The summed E-state index contributed by atoms with van der Waals surface area (Å²) in [6.45, 7) is 9.06. The summed E-state index contributed by atoms with van der Waals surface area (Å²) in [7, 11) is 0. The van der Waals surface area contributed by atoms with Gasteiger partial charge in [0.05, 0.1) is 11.5 Å². The van der Waals surface area contributed by atoms with Crippen LogP contribution in [0.5, 0.6) is 0 Å². The van der Waals surface area contributed by atoms with Crippen LogP contribution >= 0.6 is 0 Å². The fourth-order valence-electron chi connectivity index (χ4n) is 1.96. The lowest BCUT2D eigenvalue weighted by atomic mass is 9.98. The normalized spacial score (nSPS) is 21.8. The molecule has 0 saturated carbocycles. The van der Waals surface area contributed by atoms with E-state index in [0.29, 0.717) is 13.2 Å². The third-order valence-electron chi connectivity index (χ3n) is 2.89. The fourth-order valence-corrected chi connectivity index (χ4v) is 1.96. The van der Waals surface area contributed by atoms with Crippen molar-refractivity contribution in [3.05, 3.63) is 0 Å². The molecule has 1 rings (SSSR count). The van der Waals surface area contributed by atoms with Crippen LogP contribution in [0.2, 0.25) is 0 Å². The molecule has 0 aromatic rings. The molecular weight excluding hydrogens is 204 g/mol. The van der Waals surface area contributed by atoms with E-state index < -0.39 is 0 Å². The third-order valence-corrected chi connectivity index (χ3v) is 2.89. The Morgan fingerprint density at radius 1 is 1.56 bits per heavy atom. The summed E-state index contributed by atoms with van der Waals surface area (Å²) in [6.07, 6.45) is 2.08. The smallest absolute Gasteiger partial charge is 0.224 e. The van der Waals surface area contributed by atoms with E-state index in [1.54, 1.807) is 0 Å². The number of amides is 1. The minimum atomic E-state index is -0.271. The van der Waals surface area contributed by atoms with Crippen LogP contribution in [-0.4, -0.2) is 37.7 Å². The van der Waals surface area contributed by atoms with Gasteiger partial charge in [-0.15, -0.1) is 0 Å². The number of ether oxygens (including phenoxy) is 1. The van der Waals surface area contributed by atoms with E-state index in [9.17, 15) is 4.79 Å². The number of piperidine rings is 1. The van der Waals surface area contributed by atoms with Gasteiger partial charge in [-0.2, -0.15) is 0 Å². The quantitative estimate of drug-likeness (QED) is 0.735. The Balaban J connectivity index is 2.28. The average Bonchev–Trinajstić information content (AvgIpc) is 2.27. The maximum Gasteiger partial charge on any atom is 0.224 e. The summed E-state index contributed by atoms with van der Waals surface area (Å²) < 4.78 is 5.54. The minimum absolute atomic E-state index is 0.131. The Hall–Kier alpha value is -0.610. The van der Waals surface area contributed by atoms with Crippen molar-refractivity contribution in [2.45, 2.75) is 39.2 Å². The van der Waals surface area contributed by atoms with Crippen LogP contribution < -0.4 is 10.6 Å². The summed E-state index contributed by atoms with van der Waals surface area (Å²) in [5, 5.41) is 6.22. The topological polar surface area (TPSA) is 50.4 Å². The predicted molar refractivity (Wildman–Crippen MR) is 64.3 cm³/mol. The highest BCUT2D eigenvalue weighted by molar-refractivity contribution is 5.79. The standard InChI is InChI=1S/C12H24N2O2/c1-4-16-12(2,3)9-14-11(15)10-6-5-7-13-8-10/h10,13H,4-9H2,1-3H3,(H,14,15)/t10-/m0/s1. The molecule has 0 bridgehead atoms. The number of hydrogen-bond donors (Lipinski definition) is 2. The first-order valence-electron chi connectivity index (χ1n) is 6.17. The molecular formula is C12H24N2O2. The number of hydrogen-bond acceptors (Lipinski definition) is 3. The van der Waals surface area contributed by atoms with E-state index in [4.69, 9.17) is 4.74 Å². The van der Waals surface area contributed by atoms with Crippen LogP contribution in [0.1, 0.15) is 33.6 Å². The van der Waals surface area contributed by atoms with Gasteiger partial charge in [-0.1, -0.05) is 0 Å². The number of carbonyl (C=O) groups excluding carboxylic acids is 1. The Bertz CT molecular complexity index is 223. The van der Waals surface area contributed by atoms with Gasteiger partial charge in [0.25, 0.3) is 0 Å². The van der Waals surface area contributed by atoms with E-state index in [1.165, 1.54) is 0 Å². The summed E-state index contributed by atoms with van der Waals surface area (Å²) >= 11 is 0. The molecule has 1 fully saturated rings. The van der Waals surface area contributed by atoms with Crippen molar-refractivity contribution in [3.63, 3.8) is 0 Å². The van der Waals surface area contributed by atoms with Gasteiger partial charge in [-0.25, -0.2) is 0 Å². The molecule has 1 aliphatic rings. The molecule has 0 aromatic carbocycles. The molecule has 4 nitrogen and oxygen atoms in total. The van der Waals surface area contributed by atoms with Gasteiger partial charge in [0, 0.05) is 19.7 Å². The average molecular weight is 228 g/mol. The van der Waals surface area contributed by atoms with E-state index >= 15 is 0 Å². The molecule has 2 N–H and O–H groups in total. The van der Waals surface area contributed by atoms with Gasteiger partial charge >= 0.3 is 0 Å². The van der Waals surface area contributed by atoms with Crippen LogP contribution in [-0.2, 0) is 9.53 Å². The van der Waals surface area contributed by atoms with E-state index in [1.807, 2.05) is 20.8 Å². The second-order valence-corrected chi connectivity index (χ2v) is 4.95. The highest BCUT2D eigenvalue weighted by Gasteiger charge is 2.24. The van der Waals surface area contributed by atoms with Crippen molar-refractivity contribution in [2.24, 2.45) is 5.92 Å². The van der Waals surface area contributed by atoms with Gasteiger partial charge in [0.2, 0.25) is 5.91 Å². The molecule has 16 heavy (non-hydrogen) atoms. The van der Waals surface area contributed by atoms with Crippen molar-refractivity contribution in [2.75, 3.05) is 26.2 Å². The summed E-state index contributed by atoms with van der Waals surface area (Å²) in [4.78, 5) is 11.8. The molecule has 0 aliphatic carbocycles. The largest absolute Gasteiger partial charge is 0.374 e. The number of carbonyl (C=O) groups is 1. The fraction of sp³-hybridized carbons (Fsp3) is 0.917. The Kier molecular flexibility index (Phi) is 5.22. The van der Waals surface area contributed by atoms with Crippen LogP contribution in [0.15, 0.2) is 0 Å². The third kappa shape index (κ3) is 4.49. The lowest BCUT2D eigenvalue weighted by Crippen LogP contribution is -2.46. The molecule has 1 amide bonds.